The van der Waals surface area contributed by atoms with Crippen molar-refractivity contribution in [2.75, 3.05) is 0 Å². The second kappa shape index (κ2) is 5.82. The van der Waals surface area contributed by atoms with Crippen molar-refractivity contribution in [3.05, 3.63) is 82.9 Å². The Bertz CT molecular complexity index is 617. The van der Waals surface area contributed by atoms with Crippen LogP contribution in [0.1, 0.15) is 31.9 Å². The maximum atomic E-state index is 3.52. The van der Waals surface area contributed by atoms with Gasteiger partial charge in [0, 0.05) is 0 Å². The first-order valence-corrected chi connectivity index (χ1v) is 8.37. The third-order valence-electron chi connectivity index (χ3n) is 3.55. The van der Waals surface area contributed by atoms with Gasteiger partial charge in [-0.2, -0.15) is 0 Å². The third kappa shape index (κ3) is 3.06. The molecule has 0 radical (unpaired) electrons. The molecular formula is C19H22N2S. The molecule has 1 aliphatic rings. The Morgan fingerprint density at radius 1 is 0.864 bits per heavy atom. The fourth-order valence-electron chi connectivity index (χ4n) is 2.60. The number of hydrogen-bond acceptors (Lipinski definition) is 3. The summed E-state index contributed by atoms with van der Waals surface area (Å²) in [7, 11) is 0. The predicted octanol–water partition coefficient (Wildman–Crippen LogP) is 4.62. The van der Waals surface area contributed by atoms with Crippen molar-refractivity contribution >= 4 is 11.8 Å². The number of thioether (sulfide) groups is 1. The lowest BCUT2D eigenvalue weighted by Gasteiger charge is -2.28. The lowest BCUT2D eigenvalue weighted by atomic mass is 9.97. The molecule has 0 unspecified atom stereocenters. The van der Waals surface area contributed by atoms with Gasteiger partial charge in [0.25, 0.3) is 0 Å². The molecule has 0 saturated carbocycles. The van der Waals surface area contributed by atoms with Gasteiger partial charge >= 0.3 is 0 Å². The van der Waals surface area contributed by atoms with Crippen LogP contribution in [-0.4, -0.2) is 0 Å². The average molecular weight is 310 g/mol. The smallest absolute Gasteiger partial charge is 0.138 e. The second-order valence-corrected chi connectivity index (χ2v) is 7.90. The lowest BCUT2D eigenvalue weighted by Crippen LogP contribution is -2.40. The summed E-state index contributed by atoms with van der Waals surface area (Å²) in [5, 5.41) is 1.17. The number of allylic oxidation sites excluding steroid dienone is 1. The summed E-state index contributed by atoms with van der Waals surface area (Å²) in [5.41, 5.74) is 9.53. The fraction of sp³-hybridized carbons (Fsp3) is 0.263. The minimum atomic E-state index is -0.292. The van der Waals surface area contributed by atoms with Crippen LogP contribution in [0.2, 0.25) is 0 Å². The molecule has 1 aliphatic heterocycles. The minimum absolute atomic E-state index is 0.139. The van der Waals surface area contributed by atoms with E-state index in [1.54, 1.807) is 0 Å². The molecule has 2 nitrogen and oxygen atoms in total. The Balaban J connectivity index is 2.06. The Morgan fingerprint density at radius 2 is 1.36 bits per heavy atom. The van der Waals surface area contributed by atoms with Gasteiger partial charge < -0.3 is 5.43 Å². The largest absolute Gasteiger partial charge is 0.314 e. The molecule has 2 aromatic carbocycles. The normalized spacial score (nSPS) is 19.1. The summed E-state index contributed by atoms with van der Waals surface area (Å²) >= 11 is 1.83. The van der Waals surface area contributed by atoms with Gasteiger partial charge in [0.05, 0.1) is 5.03 Å². The van der Waals surface area contributed by atoms with Gasteiger partial charge in [0.15, 0.2) is 0 Å². The van der Waals surface area contributed by atoms with Crippen LogP contribution < -0.4 is 10.9 Å². The molecule has 3 heteroatoms. The summed E-state index contributed by atoms with van der Waals surface area (Å²) in [6.07, 6.45) is 2.28. The molecule has 1 saturated heterocycles. The van der Waals surface area contributed by atoms with Crippen LogP contribution in [0.3, 0.4) is 0 Å². The highest BCUT2D eigenvalue weighted by atomic mass is 32.2. The SMILES string of the molecule is CC(C)(C)/C=C1\NNC(c2ccccc2)(c2ccccc2)S1. The molecule has 2 N–H and O–H groups in total. The molecular weight excluding hydrogens is 288 g/mol. The molecule has 0 aromatic heterocycles. The Kier molecular flexibility index (Phi) is 4.02. The van der Waals surface area contributed by atoms with E-state index < -0.39 is 0 Å². The Morgan fingerprint density at radius 3 is 1.82 bits per heavy atom. The maximum absolute atomic E-state index is 3.52. The molecule has 1 heterocycles. The summed E-state index contributed by atoms with van der Waals surface area (Å²) in [6, 6.07) is 21.2. The van der Waals surface area contributed by atoms with E-state index in [2.05, 4.69) is 98.4 Å². The van der Waals surface area contributed by atoms with Crippen LogP contribution in [0.25, 0.3) is 0 Å². The molecule has 1 fully saturated rings. The number of hydrazine groups is 1. The van der Waals surface area contributed by atoms with Crippen LogP contribution in [-0.2, 0) is 4.87 Å². The number of hydrogen-bond donors (Lipinski definition) is 2. The van der Waals surface area contributed by atoms with Crippen molar-refractivity contribution in [2.24, 2.45) is 5.41 Å². The molecule has 3 rings (SSSR count). The first-order chi connectivity index (χ1) is 10.5. The summed E-state index contributed by atoms with van der Waals surface area (Å²) in [5.74, 6) is 0. The van der Waals surface area contributed by atoms with Crippen molar-refractivity contribution in [2.45, 2.75) is 25.6 Å². The van der Waals surface area contributed by atoms with Gasteiger partial charge in [-0.05, 0) is 22.6 Å². The van der Waals surface area contributed by atoms with E-state index in [0.29, 0.717) is 0 Å². The number of rotatable bonds is 2. The first kappa shape index (κ1) is 15.2. The fourth-order valence-corrected chi connectivity index (χ4v) is 4.05. The van der Waals surface area contributed by atoms with Crippen molar-refractivity contribution in [3.63, 3.8) is 0 Å². The molecule has 0 bridgehead atoms. The van der Waals surface area contributed by atoms with Crippen LogP contribution in [0.15, 0.2) is 71.8 Å². The van der Waals surface area contributed by atoms with Gasteiger partial charge in [-0.15, -0.1) is 0 Å². The average Bonchev–Trinajstić information content (AvgIpc) is 2.92. The van der Waals surface area contributed by atoms with E-state index in [4.69, 9.17) is 0 Å². The minimum Gasteiger partial charge on any atom is -0.314 e. The lowest BCUT2D eigenvalue weighted by molar-refractivity contribution is 0.513. The van der Waals surface area contributed by atoms with Crippen LogP contribution in [0.4, 0.5) is 0 Å². The molecule has 114 valence electrons. The molecule has 22 heavy (non-hydrogen) atoms. The third-order valence-corrected chi connectivity index (χ3v) is 4.87. The number of nitrogens with one attached hydrogen (secondary N) is 2. The maximum Gasteiger partial charge on any atom is 0.138 e. The van der Waals surface area contributed by atoms with Gasteiger partial charge in [-0.3, -0.25) is 0 Å². The monoisotopic (exact) mass is 310 g/mol. The number of benzene rings is 2. The highest BCUT2D eigenvalue weighted by molar-refractivity contribution is 8.04. The van der Waals surface area contributed by atoms with E-state index in [1.165, 1.54) is 16.2 Å². The highest BCUT2D eigenvalue weighted by Crippen LogP contribution is 2.47. The van der Waals surface area contributed by atoms with E-state index >= 15 is 0 Å². The molecule has 0 amide bonds. The summed E-state index contributed by atoms with van der Waals surface area (Å²) < 4.78 is 0. The van der Waals surface area contributed by atoms with E-state index in [0.717, 1.165) is 0 Å². The van der Waals surface area contributed by atoms with Crippen LogP contribution >= 0.6 is 11.8 Å². The molecule has 2 aromatic rings. The second-order valence-electron chi connectivity index (χ2n) is 6.64. The van der Waals surface area contributed by atoms with Gasteiger partial charge in [0.2, 0.25) is 0 Å². The van der Waals surface area contributed by atoms with E-state index in [-0.39, 0.29) is 10.3 Å². The van der Waals surface area contributed by atoms with Crippen molar-refractivity contribution in [1.82, 2.24) is 10.9 Å². The zero-order valence-electron chi connectivity index (χ0n) is 13.3. The van der Waals surface area contributed by atoms with Crippen molar-refractivity contribution in [3.8, 4) is 0 Å². The van der Waals surface area contributed by atoms with Crippen molar-refractivity contribution < 1.29 is 0 Å². The predicted molar refractivity (Wildman–Crippen MR) is 95.1 cm³/mol. The van der Waals surface area contributed by atoms with Crippen LogP contribution in [0.5, 0.6) is 0 Å². The molecule has 0 aliphatic carbocycles. The van der Waals surface area contributed by atoms with E-state index in [9.17, 15) is 0 Å². The Labute approximate surface area is 137 Å². The van der Waals surface area contributed by atoms with Gasteiger partial charge in [-0.25, -0.2) is 5.43 Å². The standard InChI is InChI=1S/C19H22N2S/c1-18(2,3)14-17-20-21-19(22-17,15-10-6-4-7-11-15)16-12-8-5-9-13-16/h4-14,20-21H,1-3H3/b17-14+. The first-order valence-electron chi connectivity index (χ1n) is 7.56. The zero-order chi connectivity index (χ0) is 15.6. The topological polar surface area (TPSA) is 24.1 Å². The molecule has 0 spiro atoms. The van der Waals surface area contributed by atoms with Gasteiger partial charge in [-0.1, -0.05) is 93.2 Å². The van der Waals surface area contributed by atoms with Crippen LogP contribution in [0, 0.1) is 5.41 Å². The zero-order valence-corrected chi connectivity index (χ0v) is 14.1. The van der Waals surface area contributed by atoms with Gasteiger partial charge in [0.1, 0.15) is 4.87 Å². The Hall–Kier alpha value is -1.71. The highest BCUT2D eigenvalue weighted by Gasteiger charge is 2.41. The quantitative estimate of drug-likeness (QED) is 0.846. The van der Waals surface area contributed by atoms with Crippen molar-refractivity contribution in [1.29, 1.82) is 0 Å². The van der Waals surface area contributed by atoms with E-state index in [1.807, 2.05) is 11.8 Å². The summed E-state index contributed by atoms with van der Waals surface area (Å²) in [4.78, 5) is -0.292. The molecule has 0 atom stereocenters. The summed E-state index contributed by atoms with van der Waals surface area (Å²) in [6.45, 7) is 6.65.